The number of nitrogens with one attached hydrogen (secondary N) is 1. The van der Waals surface area contributed by atoms with Crippen molar-refractivity contribution in [2.24, 2.45) is 17.8 Å². The lowest BCUT2D eigenvalue weighted by Gasteiger charge is -2.33. The first kappa shape index (κ1) is 27.0. The van der Waals surface area contributed by atoms with Crippen LogP contribution in [-0.4, -0.2) is 68.2 Å². The number of halogens is 6. The lowest BCUT2D eigenvalue weighted by atomic mass is 9.79. The highest BCUT2D eigenvalue weighted by Gasteiger charge is 2.60. The third-order valence-electron chi connectivity index (χ3n) is 8.66. The van der Waals surface area contributed by atoms with Gasteiger partial charge in [-0.2, -0.15) is 43.8 Å². The largest absolute Gasteiger partial charge is 0.402 e. The molecule has 3 fully saturated rings. The molecule has 5 nitrogen and oxygen atoms in total. The van der Waals surface area contributed by atoms with Crippen LogP contribution in [0.3, 0.4) is 0 Å². The second-order valence-corrected chi connectivity index (χ2v) is 12.6. The minimum atomic E-state index is -4.61. The van der Waals surface area contributed by atoms with Gasteiger partial charge in [0.05, 0.1) is 11.5 Å². The monoisotopic (exact) mass is 551 g/mol. The second kappa shape index (κ2) is 9.53. The minimum absolute atomic E-state index is 0.0761. The van der Waals surface area contributed by atoms with Crippen molar-refractivity contribution in [3.05, 3.63) is 41.0 Å². The quantitative estimate of drug-likeness (QED) is 0.559. The Morgan fingerprint density at radius 1 is 0.973 bits per heavy atom. The predicted molar refractivity (Wildman–Crippen MR) is 127 cm³/mol. The molecule has 0 unspecified atom stereocenters. The Bertz CT molecular complexity index is 1140. The first-order chi connectivity index (χ1) is 17.3. The molecule has 12 heteroatoms. The molecule has 1 aromatic carbocycles. The highest BCUT2D eigenvalue weighted by molar-refractivity contribution is 7.87. The highest BCUT2D eigenvalue weighted by Crippen LogP contribution is 2.50. The molecule has 0 radical (unpaired) electrons. The van der Waals surface area contributed by atoms with Crippen molar-refractivity contribution in [3.63, 3.8) is 0 Å². The molecular weight excluding hydrogens is 520 g/mol. The number of hydrogen-bond acceptors (Lipinski definition) is 3. The predicted octanol–water partition coefficient (Wildman–Crippen LogP) is 4.55. The van der Waals surface area contributed by atoms with Gasteiger partial charge in [0, 0.05) is 13.1 Å². The number of hydrogen-bond donors (Lipinski definition) is 1. The first-order valence-corrected chi connectivity index (χ1v) is 14.1. The molecule has 4 aliphatic rings. The molecule has 5 rings (SSSR count). The van der Waals surface area contributed by atoms with Gasteiger partial charge in [-0.15, -0.1) is 0 Å². The van der Waals surface area contributed by atoms with Crippen LogP contribution in [0.25, 0.3) is 6.08 Å². The van der Waals surface area contributed by atoms with Gasteiger partial charge in [-0.05, 0) is 80.1 Å². The Morgan fingerprint density at radius 3 is 2.24 bits per heavy atom. The topological polar surface area (TPSA) is 52.7 Å². The lowest BCUT2D eigenvalue weighted by molar-refractivity contribution is -0.184. The smallest absolute Gasteiger partial charge is 0.300 e. The molecule has 2 aliphatic carbocycles. The van der Waals surface area contributed by atoms with Crippen LogP contribution in [0.4, 0.5) is 26.3 Å². The fraction of sp³-hybridized carbons (Fsp3) is 0.680. The number of rotatable bonds is 4. The molecule has 1 saturated carbocycles. The average Bonchev–Trinajstić information content (AvgIpc) is 3.17. The van der Waals surface area contributed by atoms with Crippen molar-refractivity contribution in [1.29, 1.82) is 0 Å². The SMILES string of the molecule is O=S1(=O)N[C@@]2(CN1CC(F)(F)F)[C@H]1CC[C@H]2Cc2cc(/C=C/CN3CCC(C(F)(F)F)CC3)ccc2C1. The van der Waals surface area contributed by atoms with Gasteiger partial charge in [-0.25, -0.2) is 0 Å². The Labute approximate surface area is 213 Å². The van der Waals surface area contributed by atoms with Crippen molar-refractivity contribution in [2.75, 3.05) is 32.7 Å². The molecule has 1 spiro atoms. The van der Waals surface area contributed by atoms with E-state index in [-0.39, 0.29) is 31.2 Å². The third kappa shape index (κ3) is 5.58. The number of benzene rings is 1. The number of piperidine rings is 1. The number of likely N-dealkylation sites (tertiary alicyclic amines) is 1. The van der Waals surface area contributed by atoms with Crippen LogP contribution in [0.2, 0.25) is 0 Å². The van der Waals surface area contributed by atoms with Crippen LogP contribution in [0.1, 0.15) is 42.4 Å². The summed E-state index contributed by atoms with van der Waals surface area (Å²) in [5, 5.41) is 0. The zero-order valence-corrected chi connectivity index (χ0v) is 21.1. The summed E-state index contributed by atoms with van der Waals surface area (Å²) in [5.74, 6) is -1.39. The van der Waals surface area contributed by atoms with Gasteiger partial charge in [0.1, 0.15) is 6.54 Å². The zero-order chi connectivity index (χ0) is 26.6. The molecule has 1 aromatic rings. The first-order valence-electron chi connectivity index (χ1n) is 12.7. The molecule has 2 bridgehead atoms. The van der Waals surface area contributed by atoms with Crippen molar-refractivity contribution in [1.82, 2.24) is 13.9 Å². The maximum Gasteiger partial charge on any atom is 0.402 e. The van der Waals surface area contributed by atoms with Crippen LogP contribution in [-0.2, 0) is 23.1 Å². The van der Waals surface area contributed by atoms with Gasteiger partial charge in [0.2, 0.25) is 0 Å². The van der Waals surface area contributed by atoms with E-state index in [1.54, 1.807) is 0 Å². The zero-order valence-electron chi connectivity index (χ0n) is 20.3. The van der Waals surface area contributed by atoms with E-state index >= 15 is 0 Å². The van der Waals surface area contributed by atoms with E-state index in [0.29, 0.717) is 36.8 Å². The summed E-state index contributed by atoms with van der Waals surface area (Å²) in [7, 11) is -4.22. The third-order valence-corrected chi connectivity index (χ3v) is 10.2. The normalized spacial score (nSPS) is 31.3. The van der Waals surface area contributed by atoms with E-state index in [9.17, 15) is 34.8 Å². The van der Waals surface area contributed by atoms with Gasteiger partial charge in [-0.3, -0.25) is 4.90 Å². The van der Waals surface area contributed by atoms with E-state index in [0.717, 1.165) is 29.5 Å². The summed E-state index contributed by atoms with van der Waals surface area (Å²) in [6.07, 6.45) is -1.92. The van der Waals surface area contributed by atoms with Crippen LogP contribution in [0, 0.1) is 17.8 Å². The number of fused-ring (bicyclic) bond motifs is 1. The lowest BCUT2D eigenvalue weighted by Crippen LogP contribution is -2.52. The number of nitrogens with zero attached hydrogens (tertiary/aromatic N) is 2. The standard InChI is InChI=1S/C25H31F6N3O2S/c26-24(27,28)16-34-15-23(32-37(34,35)36)21-5-6-22(23)14-19-12-17(3-4-18(19)13-21)2-1-9-33-10-7-20(8-11-33)25(29,30)31/h1-4,12,20-22,32H,5-11,13-16H2/b2-1+/t21-,22-,23-/m0/s1. The molecule has 1 N–H and O–H groups in total. The molecule has 2 heterocycles. The van der Waals surface area contributed by atoms with Gasteiger partial charge in [-0.1, -0.05) is 30.4 Å². The molecule has 206 valence electrons. The average molecular weight is 552 g/mol. The van der Waals surface area contributed by atoms with Crippen molar-refractivity contribution in [3.8, 4) is 0 Å². The van der Waals surface area contributed by atoms with Crippen molar-refractivity contribution < 1.29 is 34.8 Å². The molecular formula is C25H31F6N3O2S. The maximum absolute atomic E-state index is 13.1. The highest BCUT2D eigenvalue weighted by atomic mass is 32.2. The molecule has 2 aliphatic heterocycles. The summed E-state index contributed by atoms with van der Waals surface area (Å²) in [4.78, 5) is 2.00. The van der Waals surface area contributed by atoms with Crippen LogP contribution < -0.4 is 4.72 Å². The Kier molecular flexibility index (Phi) is 6.94. The van der Waals surface area contributed by atoms with Gasteiger partial charge >= 0.3 is 12.4 Å². The fourth-order valence-corrected chi connectivity index (χ4v) is 8.46. The molecule has 2 saturated heterocycles. The van der Waals surface area contributed by atoms with Crippen LogP contribution >= 0.6 is 0 Å². The van der Waals surface area contributed by atoms with E-state index in [2.05, 4.69) is 4.72 Å². The molecule has 3 atom stereocenters. The van der Waals surface area contributed by atoms with Crippen LogP contribution in [0.15, 0.2) is 24.3 Å². The summed E-state index contributed by atoms with van der Waals surface area (Å²) in [6.45, 7) is -0.280. The molecule has 37 heavy (non-hydrogen) atoms. The maximum atomic E-state index is 13.1. The Morgan fingerprint density at radius 2 is 1.62 bits per heavy atom. The summed E-state index contributed by atoms with van der Waals surface area (Å²) in [5.41, 5.74) is 2.21. The second-order valence-electron chi connectivity index (χ2n) is 11.0. The van der Waals surface area contributed by atoms with Gasteiger partial charge in [0.25, 0.3) is 10.2 Å². The minimum Gasteiger partial charge on any atom is -0.300 e. The van der Waals surface area contributed by atoms with Gasteiger partial charge in [0.15, 0.2) is 0 Å². The van der Waals surface area contributed by atoms with Gasteiger partial charge < -0.3 is 0 Å². The molecule has 0 amide bonds. The summed E-state index contributed by atoms with van der Waals surface area (Å²) >= 11 is 0. The van der Waals surface area contributed by atoms with Crippen LogP contribution in [0.5, 0.6) is 0 Å². The van der Waals surface area contributed by atoms with E-state index in [1.807, 2.05) is 35.3 Å². The van der Waals surface area contributed by atoms with E-state index in [4.69, 9.17) is 0 Å². The Hall–Kier alpha value is -1.63. The summed E-state index contributed by atoms with van der Waals surface area (Å²) < 4.78 is 106. The van der Waals surface area contributed by atoms with Crippen molar-refractivity contribution in [2.45, 2.75) is 56.4 Å². The summed E-state index contributed by atoms with van der Waals surface area (Å²) in [6, 6.07) is 6.02. The van der Waals surface area contributed by atoms with E-state index in [1.165, 1.54) is 0 Å². The van der Waals surface area contributed by atoms with Crippen molar-refractivity contribution >= 4 is 16.3 Å². The number of alkyl halides is 6. The van der Waals surface area contributed by atoms with E-state index < -0.39 is 40.6 Å². The fourth-order valence-electron chi connectivity index (χ4n) is 6.75. The Balaban J connectivity index is 1.26. The molecule has 0 aromatic heterocycles.